The lowest BCUT2D eigenvalue weighted by Crippen LogP contribution is -2.01. The SMILES string of the molecule is CCc1nc(Cl)c(C)c(-c2cc(C)ccc2F)n1. The minimum absolute atomic E-state index is 0.291. The Kier molecular flexibility index (Phi) is 3.62. The fraction of sp³-hybridized carbons (Fsp3) is 0.286. The molecule has 4 heteroatoms. The number of aryl methyl sites for hydroxylation is 2. The summed E-state index contributed by atoms with van der Waals surface area (Å²) < 4.78 is 13.9. The lowest BCUT2D eigenvalue weighted by atomic mass is 10.0. The van der Waals surface area contributed by atoms with E-state index in [0.717, 1.165) is 5.56 Å². The lowest BCUT2D eigenvalue weighted by molar-refractivity contribution is 0.630. The molecular weight excluding hydrogens is 251 g/mol. The third kappa shape index (κ3) is 2.36. The van der Waals surface area contributed by atoms with Gasteiger partial charge in [-0.3, -0.25) is 0 Å². The van der Waals surface area contributed by atoms with Gasteiger partial charge in [-0.25, -0.2) is 14.4 Å². The number of halogens is 2. The fourth-order valence-electron chi connectivity index (χ4n) is 1.77. The molecule has 0 amide bonds. The van der Waals surface area contributed by atoms with E-state index < -0.39 is 0 Å². The molecular formula is C14H14ClFN2. The standard InChI is InChI=1S/C14H14ClFN2/c1-4-12-17-13(9(3)14(15)18-12)10-7-8(2)5-6-11(10)16/h5-7H,4H2,1-3H3. The van der Waals surface area contributed by atoms with Gasteiger partial charge in [0.05, 0.1) is 5.69 Å². The van der Waals surface area contributed by atoms with Gasteiger partial charge in [0.2, 0.25) is 0 Å². The molecule has 1 heterocycles. The van der Waals surface area contributed by atoms with Gasteiger partial charge in [-0.15, -0.1) is 0 Å². The molecule has 0 N–H and O–H groups in total. The van der Waals surface area contributed by atoms with Gasteiger partial charge in [-0.2, -0.15) is 0 Å². The van der Waals surface area contributed by atoms with E-state index in [1.54, 1.807) is 19.1 Å². The first kappa shape index (κ1) is 13.0. The van der Waals surface area contributed by atoms with Crippen LogP contribution in [-0.2, 0) is 6.42 Å². The maximum absolute atomic E-state index is 13.9. The molecule has 94 valence electrons. The van der Waals surface area contributed by atoms with Gasteiger partial charge in [0.1, 0.15) is 16.8 Å². The van der Waals surface area contributed by atoms with Crippen molar-refractivity contribution in [1.29, 1.82) is 0 Å². The van der Waals surface area contributed by atoms with E-state index in [4.69, 9.17) is 11.6 Å². The summed E-state index contributed by atoms with van der Waals surface area (Å²) in [4.78, 5) is 8.55. The number of rotatable bonds is 2. The van der Waals surface area contributed by atoms with Gasteiger partial charge in [-0.1, -0.05) is 30.2 Å². The van der Waals surface area contributed by atoms with Crippen molar-refractivity contribution in [2.75, 3.05) is 0 Å². The average molecular weight is 265 g/mol. The summed E-state index contributed by atoms with van der Waals surface area (Å²) in [5.74, 6) is 0.335. The van der Waals surface area contributed by atoms with Crippen LogP contribution in [0.4, 0.5) is 4.39 Å². The molecule has 0 saturated heterocycles. The normalized spacial score (nSPS) is 10.7. The van der Waals surface area contributed by atoms with Crippen molar-refractivity contribution in [3.63, 3.8) is 0 Å². The van der Waals surface area contributed by atoms with Gasteiger partial charge in [0.15, 0.2) is 0 Å². The summed E-state index contributed by atoms with van der Waals surface area (Å²) in [6.45, 7) is 5.66. The lowest BCUT2D eigenvalue weighted by Gasteiger charge is -2.10. The molecule has 0 spiro atoms. The van der Waals surface area contributed by atoms with Crippen LogP contribution in [0.5, 0.6) is 0 Å². The predicted molar refractivity (Wildman–Crippen MR) is 71.3 cm³/mol. The van der Waals surface area contributed by atoms with Gasteiger partial charge < -0.3 is 0 Å². The van der Waals surface area contributed by atoms with E-state index in [2.05, 4.69) is 9.97 Å². The Balaban J connectivity index is 2.69. The molecule has 2 aromatic rings. The van der Waals surface area contributed by atoms with Crippen molar-refractivity contribution < 1.29 is 4.39 Å². The third-order valence-corrected chi connectivity index (χ3v) is 3.19. The molecule has 2 rings (SSSR count). The number of hydrogen-bond donors (Lipinski definition) is 0. The van der Waals surface area contributed by atoms with Crippen molar-refractivity contribution in [2.24, 2.45) is 0 Å². The highest BCUT2D eigenvalue weighted by Crippen LogP contribution is 2.28. The molecule has 0 aliphatic carbocycles. The smallest absolute Gasteiger partial charge is 0.136 e. The molecule has 2 nitrogen and oxygen atoms in total. The third-order valence-electron chi connectivity index (χ3n) is 2.83. The summed E-state index contributed by atoms with van der Waals surface area (Å²) in [5.41, 5.74) is 2.75. The van der Waals surface area contributed by atoms with Crippen LogP contribution < -0.4 is 0 Å². The molecule has 0 saturated carbocycles. The molecule has 0 radical (unpaired) electrons. The summed E-state index contributed by atoms with van der Waals surface area (Å²) in [5, 5.41) is 0.387. The van der Waals surface area contributed by atoms with E-state index in [-0.39, 0.29) is 5.82 Å². The number of hydrogen-bond acceptors (Lipinski definition) is 2. The maximum atomic E-state index is 13.9. The Morgan fingerprint density at radius 1 is 1.22 bits per heavy atom. The highest BCUT2D eigenvalue weighted by Gasteiger charge is 2.14. The van der Waals surface area contributed by atoms with Crippen LogP contribution in [0.3, 0.4) is 0 Å². The molecule has 0 aliphatic rings. The van der Waals surface area contributed by atoms with Gasteiger partial charge in [-0.05, 0) is 26.0 Å². The Morgan fingerprint density at radius 3 is 2.61 bits per heavy atom. The fourth-order valence-corrected chi connectivity index (χ4v) is 1.96. The van der Waals surface area contributed by atoms with Crippen LogP contribution in [0, 0.1) is 19.7 Å². The molecule has 0 aliphatic heterocycles. The monoisotopic (exact) mass is 264 g/mol. The van der Waals surface area contributed by atoms with E-state index >= 15 is 0 Å². The Morgan fingerprint density at radius 2 is 1.94 bits per heavy atom. The first-order valence-corrected chi connectivity index (χ1v) is 6.20. The number of benzene rings is 1. The predicted octanol–water partition coefficient (Wildman–Crippen LogP) is 4.12. The summed E-state index contributed by atoms with van der Waals surface area (Å²) >= 11 is 6.07. The molecule has 18 heavy (non-hydrogen) atoms. The first-order valence-electron chi connectivity index (χ1n) is 5.82. The first-order chi connectivity index (χ1) is 8.52. The van der Waals surface area contributed by atoms with Crippen LogP contribution in [-0.4, -0.2) is 9.97 Å². The van der Waals surface area contributed by atoms with Gasteiger partial charge in [0.25, 0.3) is 0 Å². The minimum atomic E-state index is -0.291. The second-order valence-corrected chi connectivity index (χ2v) is 4.60. The van der Waals surface area contributed by atoms with E-state index in [9.17, 15) is 4.39 Å². The van der Waals surface area contributed by atoms with E-state index in [1.165, 1.54) is 6.07 Å². The van der Waals surface area contributed by atoms with Crippen LogP contribution >= 0.6 is 11.6 Å². The summed E-state index contributed by atoms with van der Waals surface area (Å²) in [6.07, 6.45) is 0.667. The minimum Gasteiger partial charge on any atom is -0.232 e. The molecule has 0 atom stereocenters. The Bertz CT molecular complexity index is 597. The molecule has 0 fully saturated rings. The maximum Gasteiger partial charge on any atom is 0.136 e. The van der Waals surface area contributed by atoms with Crippen molar-refractivity contribution in [1.82, 2.24) is 9.97 Å². The Labute approximate surface area is 111 Å². The van der Waals surface area contributed by atoms with Crippen molar-refractivity contribution in [2.45, 2.75) is 27.2 Å². The van der Waals surface area contributed by atoms with Crippen LogP contribution in [0.1, 0.15) is 23.9 Å². The van der Waals surface area contributed by atoms with Gasteiger partial charge in [0, 0.05) is 17.5 Å². The largest absolute Gasteiger partial charge is 0.232 e. The van der Waals surface area contributed by atoms with Crippen LogP contribution in [0.25, 0.3) is 11.3 Å². The Hall–Kier alpha value is -1.48. The van der Waals surface area contributed by atoms with Crippen molar-refractivity contribution in [3.05, 3.63) is 46.1 Å². The zero-order valence-corrected chi connectivity index (χ0v) is 11.3. The zero-order chi connectivity index (χ0) is 13.3. The molecule has 1 aromatic carbocycles. The number of nitrogens with zero attached hydrogens (tertiary/aromatic N) is 2. The zero-order valence-electron chi connectivity index (χ0n) is 10.6. The summed E-state index contributed by atoms with van der Waals surface area (Å²) in [7, 11) is 0. The number of aromatic nitrogens is 2. The van der Waals surface area contributed by atoms with E-state index in [0.29, 0.717) is 34.2 Å². The second-order valence-electron chi connectivity index (χ2n) is 4.24. The van der Waals surface area contributed by atoms with Crippen molar-refractivity contribution in [3.8, 4) is 11.3 Å². The van der Waals surface area contributed by atoms with Crippen molar-refractivity contribution >= 4 is 11.6 Å². The van der Waals surface area contributed by atoms with Crippen LogP contribution in [0.2, 0.25) is 5.15 Å². The highest BCUT2D eigenvalue weighted by molar-refractivity contribution is 6.30. The van der Waals surface area contributed by atoms with Gasteiger partial charge >= 0.3 is 0 Å². The van der Waals surface area contributed by atoms with Crippen LogP contribution in [0.15, 0.2) is 18.2 Å². The summed E-state index contributed by atoms with van der Waals surface area (Å²) in [6, 6.07) is 4.96. The molecule has 0 unspecified atom stereocenters. The molecule has 0 bridgehead atoms. The molecule has 1 aromatic heterocycles. The second kappa shape index (κ2) is 5.02. The quantitative estimate of drug-likeness (QED) is 0.763. The highest BCUT2D eigenvalue weighted by atomic mass is 35.5. The van der Waals surface area contributed by atoms with E-state index in [1.807, 2.05) is 13.8 Å². The topological polar surface area (TPSA) is 25.8 Å². The average Bonchev–Trinajstić information content (AvgIpc) is 2.35.